The lowest BCUT2D eigenvalue weighted by Gasteiger charge is -2.33. The number of carbonyl (C=O) groups is 2. The molecule has 2 aliphatic heterocycles. The van der Waals surface area contributed by atoms with Crippen LogP contribution in [0, 0.1) is 6.92 Å². The van der Waals surface area contributed by atoms with Gasteiger partial charge in [0.15, 0.2) is 5.69 Å². The number of carbonyl (C=O) groups excluding carboxylic acids is 2. The Morgan fingerprint density at radius 3 is 2.82 bits per heavy atom. The molecule has 0 saturated carbocycles. The summed E-state index contributed by atoms with van der Waals surface area (Å²) >= 11 is 0. The Morgan fingerprint density at radius 1 is 1.39 bits per heavy atom. The zero-order valence-corrected chi connectivity index (χ0v) is 15.8. The number of amides is 2. The summed E-state index contributed by atoms with van der Waals surface area (Å²) in [7, 11) is 0. The van der Waals surface area contributed by atoms with Crippen LogP contribution in [0.4, 0.5) is 14.5 Å². The van der Waals surface area contributed by atoms with Crippen molar-refractivity contribution in [3.63, 3.8) is 0 Å². The van der Waals surface area contributed by atoms with Gasteiger partial charge in [-0.1, -0.05) is 31.5 Å². The van der Waals surface area contributed by atoms with E-state index in [2.05, 4.69) is 10.4 Å². The summed E-state index contributed by atoms with van der Waals surface area (Å²) in [5.41, 5.74) is 1.09. The Kier molecular flexibility index (Phi) is 4.44. The third-order valence-electron chi connectivity index (χ3n) is 5.90. The normalized spacial score (nSPS) is 23.5. The lowest BCUT2D eigenvalue weighted by molar-refractivity contribution is -0.121. The fraction of sp³-hybridized carbons (Fsp3) is 0.450. The quantitative estimate of drug-likeness (QED) is 0.872. The molecular formula is C20H22F2N4O2. The molecule has 1 aromatic carbocycles. The Labute approximate surface area is 161 Å². The minimum atomic E-state index is -2.80. The number of nitrogens with one attached hydrogen (secondary N) is 1. The zero-order valence-electron chi connectivity index (χ0n) is 15.8. The van der Waals surface area contributed by atoms with Gasteiger partial charge in [0.05, 0.1) is 11.5 Å². The first kappa shape index (κ1) is 18.6. The summed E-state index contributed by atoms with van der Waals surface area (Å²) in [4.78, 5) is 27.8. The number of halogens is 2. The highest BCUT2D eigenvalue weighted by Gasteiger charge is 2.58. The number of hydrogen-bond acceptors (Lipinski definition) is 3. The van der Waals surface area contributed by atoms with Gasteiger partial charge >= 0.3 is 6.55 Å². The number of fused-ring (bicyclic) bond motifs is 2. The number of hydrogen-bond donors (Lipinski definition) is 1. The number of alkyl halides is 2. The van der Waals surface area contributed by atoms with Gasteiger partial charge in [-0.05, 0) is 37.5 Å². The van der Waals surface area contributed by atoms with Gasteiger partial charge in [0.1, 0.15) is 0 Å². The van der Waals surface area contributed by atoms with Crippen LogP contribution in [0.5, 0.6) is 0 Å². The van der Waals surface area contributed by atoms with Crippen LogP contribution in [0.1, 0.15) is 54.5 Å². The molecule has 2 amide bonds. The van der Waals surface area contributed by atoms with Gasteiger partial charge in [0.2, 0.25) is 5.91 Å². The molecule has 28 heavy (non-hydrogen) atoms. The van der Waals surface area contributed by atoms with Crippen molar-refractivity contribution < 1.29 is 18.4 Å². The molecule has 0 unspecified atom stereocenters. The highest BCUT2D eigenvalue weighted by atomic mass is 19.3. The van der Waals surface area contributed by atoms with E-state index in [0.29, 0.717) is 24.1 Å². The minimum absolute atomic E-state index is 0.0114. The highest BCUT2D eigenvalue weighted by molar-refractivity contribution is 6.08. The number of nitrogens with zero attached hydrogens (tertiary/aromatic N) is 3. The van der Waals surface area contributed by atoms with Gasteiger partial charge in [-0.3, -0.25) is 9.59 Å². The number of likely N-dealkylation sites (tertiary alicyclic amines) is 1. The van der Waals surface area contributed by atoms with Gasteiger partial charge in [0.25, 0.3) is 5.91 Å². The molecule has 1 spiro atoms. The predicted molar refractivity (Wildman–Crippen MR) is 99.3 cm³/mol. The monoisotopic (exact) mass is 388 g/mol. The van der Waals surface area contributed by atoms with Crippen LogP contribution >= 0.6 is 0 Å². The predicted octanol–water partition coefficient (Wildman–Crippen LogP) is 3.49. The molecule has 0 radical (unpaired) electrons. The molecule has 8 heteroatoms. The molecule has 3 heterocycles. The minimum Gasteiger partial charge on any atom is -0.333 e. The maximum Gasteiger partial charge on any atom is 0.333 e. The number of aryl methyl sites for hydroxylation is 1. The third-order valence-corrected chi connectivity index (χ3v) is 5.90. The fourth-order valence-electron chi connectivity index (χ4n) is 4.66. The van der Waals surface area contributed by atoms with Crippen LogP contribution < -0.4 is 5.32 Å². The van der Waals surface area contributed by atoms with E-state index in [-0.39, 0.29) is 23.3 Å². The molecule has 2 aromatic rings. The van der Waals surface area contributed by atoms with Crippen LogP contribution in [0.15, 0.2) is 30.3 Å². The average molecular weight is 388 g/mol. The largest absolute Gasteiger partial charge is 0.333 e. The van der Waals surface area contributed by atoms with Crippen molar-refractivity contribution in [2.45, 2.75) is 51.1 Å². The maximum absolute atomic E-state index is 13.2. The van der Waals surface area contributed by atoms with E-state index in [9.17, 15) is 18.4 Å². The van der Waals surface area contributed by atoms with Crippen molar-refractivity contribution in [1.29, 1.82) is 0 Å². The van der Waals surface area contributed by atoms with Crippen LogP contribution in [0.2, 0.25) is 0 Å². The number of para-hydroxylation sites is 1. The van der Waals surface area contributed by atoms with Gasteiger partial charge in [-0.25, -0.2) is 4.68 Å². The lowest BCUT2D eigenvalue weighted by atomic mass is 9.73. The third kappa shape index (κ3) is 2.54. The molecule has 6 nitrogen and oxygen atoms in total. The topological polar surface area (TPSA) is 67.2 Å². The summed E-state index contributed by atoms with van der Waals surface area (Å²) in [6, 6.07) is 8.59. The van der Waals surface area contributed by atoms with Crippen LogP contribution in [0.3, 0.4) is 0 Å². The van der Waals surface area contributed by atoms with Crippen molar-refractivity contribution in [2.24, 2.45) is 0 Å². The van der Waals surface area contributed by atoms with E-state index in [4.69, 9.17) is 0 Å². The van der Waals surface area contributed by atoms with E-state index >= 15 is 0 Å². The molecular weight excluding hydrogens is 366 g/mol. The second-order valence-corrected chi connectivity index (χ2v) is 7.42. The molecule has 1 aromatic heterocycles. The lowest BCUT2D eigenvalue weighted by Crippen LogP contribution is -2.48. The highest BCUT2D eigenvalue weighted by Crippen LogP contribution is 2.49. The molecule has 148 valence electrons. The van der Waals surface area contributed by atoms with Crippen molar-refractivity contribution in [1.82, 2.24) is 14.7 Å². The Balaban J connectivity index is 1.73. The summed E-state index contributed by atoms with van der Waals surface area (Å²) < 4.78 is 26.7. The summed E-state index contributed by atoms with van der Waals surface area (Å²) in [6.45, 7) is 1.07. The molecule has 0 aliphatic carbocycles. The summed E-state index contributed by atoms with van der Waals surface area (Å²) in [6.07, 6.45) is 1.93. The number of anilines is 1. The van der Waals surface area contributed by atoms with Crippen molar-refractivity contribution in [3.8, 4) is 0 Å². The Bertz CT molecular complexity index is 942. The second kappa shape index (κ2) is 6.68. The maximum atomic E-state index is 13.2. The Morgan fingerprint density at radius 2 is 2.14 bits per heavy atom. The molecule has 1 N–H and O–H groups in total. The Hall–Kier alpha value is -2.77. The van der Waals surface area contributed by atoms with Crippen LogP contribution in [0.25, 0.3) is 0 Å². The van der Waals surface area contributed by atoms with Crippen LogP contribution in [-0.2, 0) is 10.2 Å². The average Bonchev–Trinajstić information content (AvgIpc) is 3.31. The molecule has 1 fully saturated rings. The van der Waals surface area contributed by atoms with E-state index in [1.54, 1.807) is 4.90 Å². The van der Waals surface area contributed by atoms with E-state index in [1.807, 2.05) is 31.2 Å². The first-order chi connectivity index (χ1) is 13.4. The second-order valence-electron chi connectivity index (χ2n) is 7.42. The van der Waals surface area contributed by atoms with Gasteiger partial charge in [0, 0.05) is 17.9 Å². The molecule has 2 aliphatic rings. The van der Waals surface area contributed by atoms with E-state index in [0.717, 1.165) is 17.7 Å². The number of rotatable bonds is 4. The standard InChI is InChI=1S/C20H22F2N4O2/c1-3-6-16-20(13-7-4-5-8-14(13)23-18(20)28)9-10-25(16)17(27)15-11-12(2)26(24-15)19(21)22/h4-5,7-8,11,16,19H,3,6,9-10H2,1-2H3,(H,23,28)/t16-,20-/m0/s1. The first-order valence-corrected chi connectivity index (χ1v) is 9.46. The fourth-order valence-corrected chi connectivity index (χ4v) is 4.66. The van der Waals surface area contributed by atoms with Gasteiger partial charge < -0.3 is 10.2 Å². The van der Waals surface area contributed by atoms with Crippen molar-refractivity contribution in [3.05, 3.63) is 47.3 Å². The SMILES string of the molecule is CCC[C@@H]1N(C(=O)c2cc(C)n(C(F)F)n2)CC[C@@]12C(=O)Nc1ccccc12. The summed E-state index contributed by atoms with van der Waals surface area (Å²) in [5, 5.41) is 6.75. The van der Waals surface area contributed by atoms with Gasteiger partial charge in [-0.15, -0.1) is 0 Å². The molecule has 0 bridgehead atoms. The van der Waals surface area contributed by atoms with E-state index in [1.165, 1.54) is 13.0 Å². The molecule has 4 rings (SSSR count). The van der Waals surface area contributed by atoms with Gasteiger partial charge in [-0.2, -0.15) is 13.9 Å². The molecule has 1 saturated heterocycles. The summed E-state index contributed by atoms with van der Waals surface area (Å²) in [5.74, 6) is -0.508. The van der Waals surface area contributed by atoms with Crippen LogP contribution in [-0.4, -0.2) is 39.1 Å². The number of benzene rings is 1. The molecule has 2 atom stereocenters. The first-order valence-electron chi connectivity index (χ1n) is 9.46. The van der Waals surface area contributed by atoms with Crippen molar-refractivity contribution in [2.75, 3.05) is 11.9 Å². The zero-order chi connectivity index (χ0) is 20.1. The van der Waals surface area contributed by atoms with E-state index < -0.39 is 17.9 Å². The number of aromatic nitrogens is 2. The smallest absolute Gasteiger partial charge is 0.333 e. The van der Waals surface area contributed by atoms with Crippen molar-refractivity contribution >= 4 is 17.5 Å².